The van der Waals surface area contributed by atoms with Crippen LogP contribution in [0.15, 0.2) is 23.3 Å². The highest BCUT2D eigenvalue weighted by Gasteiger charge is 2.51. The lowest BCUT2D eigenvalue weighted by molar-refractivity contribution is 0.00578. The van der Waals surface area contributed by atoms with E-state index in [1.807, 2.05) is 33.8 Å². The lowest BCUT2D eigenvalue weighted by atomic mass is 9.78. The third-order valence-corrected chi connectivity index (χ3v) is 5.32. The molecule has 2 fully saturated rings. The Labute approximate surface area is 149 Å². The largest absolute Gasteiger partial charge is 0.494 e. The number of rotatable bonds is 4. The highest BCUT2D eigenvalue weighted by molar-refractivity contribution is 6.62. The Bertz CT molecular complexity index is 666. The van der Waals surface area contributed by atoms with Crippen LogP contribution in [0.1, 0.15) is 33.3 Å². The fraction of sp³-hybridized carbons (Fsp3) is 0.647. The third-order valence-electron chi connectivity index (χ3n) is 5.32. The number of hydrogen-bond acceptors (Lipinski definition) is 5. The van der Waals surface area contributed by atoms with Gasteiger partial charge in [0.15, 0.2) is 0 Å². The summed E-state index contributed by atoms with van der Waals surface area (Å²) in [7, 11) is -0.419. The van der Waals surface area contributed by atoms with Crippen molar-refractivity contribution in [2.24, 2.45) is 5.11 Å². The minimum Gasteiger partial charge on any atom is -0.399 e. The standard InChI is InChI=1S/C17H26BN5O2/c1-16(2)17(3,4)25-18(24-16)14-9-13(12-21-22-19)10-15(11-14)23-7-5-20-6-8-23/h9-11,20H,5-8,12H2,1-4H3. The Kier molecular flexibility index (Phi) is 4.98. The number of nitrogens with zero attached hydrogens (tertiary/aromatic N) is 4. The van der Waals surface area contributed by atoms with Gasteiger partial charge >= 0.3 is 7.12 Å². The Morgan fingerprint density at radius 1 is 1.16 bits per heavy atom. The monoisotopic (exact) mass is 343 g/mol. The van der Waals surface area contributed by atoms with Crippen LogP contribution in [0.5, 0.6) is 0 Å². The van der Waals surface area contributed by atoms with Gasteiger partial charge in [0, 0.05) is 36.8 Å². The van der Waals surface area contributed by atoms with E-state index in [1.54, 1.807) is 0 Å². The molecule has 2 saturated heterocycles. The molecular weight excluding hydrogens is 317 g/mol. The fourth-order valence-electron chi connectivity index (χ4n) is 3.13. The molecule has 2 aliphatic heterocycles. The molecule has 1 aromatic rings. The van der Waals surface area contributed by atoms with Gasteiger partial charge < -0.3 is 19.5 Å². The molecule has 0 radical (unpaired) electrons. The van der Waals surface area contributed by atoms with Gasteiger partial charge in [0.2, 0.25) is 0 Å². The van der Waals surface area contributed by atoms with E-state index in [0.29, 0.717) is 6.54 Å². The lowest BCUT2D eigenvalue weighted by Gasteiger charge is -2.32. The van der Waals surface area contributed by atoms with E-state index < -0.39 is 7.12 Å². The van der Waals surface area contributed by atoms with Crippen molar-refractivity contribution in [1.29, 1.82) is 0 Å². The molecule has 2 aliphatic rings. The normalized spacial score (nSPS) is 21.9. The van der Waals surface area contributed by atoms with Gasteiger partial charge in [0.05, 0.1) is 17.7 Å². The summed E-state index contributed by atoms with van der Waals surface area (Å²) in [6.07, 6.45) is 0. The van der Waals surface area contributed by atoms with Crippen LogP contribution < -0.4 is 15.7 Å². The van der Waals surface area contributed by atoms with Crippen LogP contribution in [0, 0.1) is 0 Å². The van der Waals surface area contributed by atoms with Gasteiger partial charge in [-0.15, -0.1) is 0 Å². The van der Waals surface area contributed by atoms with Crippen molar-refractivity contribution >= 4 is 18.3 Å². The van der Waals surface area contributed by atoms with E-state index in [0.717, 1.165) is 42.9 Å². The third kappa shape index (κ3) is 3.77. The van der Waals surface area contributed by atoms with Crippen LogP contribution in [-0.4, -0.2) is 44.5 Å². The Morgan fingerprint density at radius 3 is 2.40 bits per heavy atom. The van der Waals surface area contributed by atoms with Crippen molar-refractivity contribution < 1.29 is 9.31 Å². The molecule has 0 aliphatic carbocycles. The molecule has 0 bridgehead atoms. The summed E-state index contributed by atoms with van der Waals surface area (Å²) >= 11 is 0. The predicted octanol–water partition coefficient (Wildman–Crippen LogP) is 2.21. The molecule has 0 unspecified atom stereocenters. The van der Waals surface area contributed by atoms with Gasteiger partial charge in [-0.05, 0) is 56.4 Å². The van der Waals surface area contributed by atoms with Gasteiger partial charge in [-0.2, -0.15) is 0 Å². The number of hydrogen-bond donors (Lipinski definition) is 1. The van der Waals surface area contributed by atoms with Crippen molar-refractivity contribution in [3.8, 4) is 0 Å². The van der Waals surface area contributed by atoms with Crippen molar-refractivity contribution in [3.05, 3.63) is 34.2 Å². The number of benzene rings is 1. The van der Waals surface area contributed by atoms with Crippen molar-refractivity contribution in [3.63, 3.8) is 0 Å². The molecule has 1 N–H and O–H groups in total. The number of piperazine rings is 1. The zero-order valence-electron chi connectivity index (χ0n) is 15.5. The number of azide groups is 1. The second kappa shape index (κ2) is 6.88. The molecule has 0 spiro atoms. The van der Waals surface area contributed by atoms with Crippen LogP contribution in [0.25, 0.3) is 10.4 Å². The lowest BCUT2D eigenvalue weighted by Crippen LogP contribution is -2.44. The van der Waals surface area contributed by atoms with Crippen LogP contribution >= 0.6 is 0 Å². The zero-order valence-corrected chi connectivity index (χ0v) is 15.5. The van der Waals surface area contributed by atoms with Gasteiger partial charge in [-0.25, -0.2) is 0 Å². The fourth-order valence-corrected chi connectivity index (χ4v) is 3.13. The average Bonchev–Trinajstić information content (AvgIpc) is 2.81. The molecule has 0 aromatic heterocycles. The van der Waals surface area contributed by atoms with E-state index in [1.165, 1.54) is 0 Å². The molecule has 2 heterocycles. The van der Waals surface area contributed by atoms with E-state index in [4.69, 9.17) is 14.8 Å². The molecule has 0 saturated carbocycles. The quantitative estimate of drug-likeness (QED) is 0.393. The minimum atomic E-state index is -0.419. The molecule has 134 valence electrons. The van der Waals surface area contributed by atoms with E-state index in [-0.39, 0.29) is 11.2 Å². The Hall–Kier alpha value is -1.73. The molecule has 0 atom stereocenters. The van der Waals surface area contributed by atoms with Crippen molar-refractivity contribution in [2.45, 2.75) is 45.4 Å². The summed E-state index contributed by atoms with van der Waals surface area (Å²) in [5, 5.41) is 7.09. The van der Waals surface area contributed by atoms with E-state index in [2.05, 4.69) is 32.4 Å². The Balaban J connectivity index is 1.93. The van der Waals surface area contributed by atoms with E-state index >= 15 is 0 Å². The molecule has 3 rings (SSSR count). The number of nitrogens with one attached hydrogen (secondary N) is 1. The average molecular weight is 343 g/mol. The first-order valence-electron chi connectivity index (χ1n) is 8.78. The SMILES string of the molecule is CC1(C)OB(c2cc(CN=[N+]=[N-])cc(N3CCNCC3)c2)OC1(C)C. The van der Waals surface area contributed by atoms with Crippen LogP contribution in [0.4, 0.5) is 5.69 Å². The maximum absolute atomic E-state index is 8.65. The molecule has 0 amide bonds. The summed E-state index contributed by atoms with van der Waals surface area (Å²) in [6, 6.07) is 6.24. The van der Waals surface area contributed by atoms with Crippen LogP contribution in [0.2, 0.25) is 0 Å². The summed E-state index contributed by atoms with van der Waals surface area (Å²) in [5.74, 6) is 0. The maximum atomic E-state index is 8.65. The van der Waals surface area contributed by atoms with E-state index in [9.17, 15) is 0 Å². The summed E-state index contributed by atoms with van der Waals surface area (Å²) in [4.78, 5) is 5.22. The minimum absolute atomic E-state index is 0.322. The van der Waals surface area contributed by atoms with Crippen LogP contribution in [0.3, 0.4) is 0 Å². The molecule has 7 nitrogen and oxygen atoms in total. The summed E-state index contributed by atoms with van der Waals surface area (Å²) in [6.45, 7) is 12.4. The highest BCUT2D eigenvalue weighted by atomic mass is 16.7. The second-order valence-corrected chi connectivity index (χ2v) is 7.65. The second-order valence-electron chi connectivity index (χ2n) is 7.65. The molecule has 1 aromatic carbocycles. The molecule has 25 heavy (non-hydrogen) atoms. The zero-order chi connectivity index (χ0) is 18.1. The number of anilines is 1. The Morgan fingerprint density at radius 2 is 1.80 bits per heavy atom. The van der Waals surface area contributed by atoms with Gasteiger partial charge in [-0.3, -0.25) is 0 Å². The van der Waals surface area contributed by atoms with Gasteiger partial charge in [-0.1, -0.05) is 11.2 Å². The van der Waals surface area contributed by atoms with Crippen molar-refractivity contribution in [1.82, 2.24) is 5.32 Å². The predicted molar refractivity (Wildman–Crippen MR) is 100 cm³/mol. The smallest absolute Gasteiger partial charge is 0.399 e. The molecular formula is C17H26BN5O2. The first-order valence-corrected chi connectivity index (χ1v) is 8.78. The van der Waals surface area contributed by atoms with Gasteiger partial charge in [0.25, 0.3) is 0 Å². The molecule has 8 heteroatoms. The maximum Gasteiger partial charge on any atom is 0.494 e. The summed E-state index contributed by atoms with van der Waals surface area (Å²) in [5.41, 5.74) is 11.0. The summed E-state index contributed by atoms with van der Waals surface area (Å²) < 4.78 is 12.4. The first-order chi connectivity index (χ1) is 11.8. The van der Waals surface area contributed by atoms with Gasteiger partial charge in [0.1, 0.15) is 0 Å². The van der Waals surface area contributed by atoms with Crippen LogP contribution in [-0.2, 0) is 15.9 Å². The van der Waals surface area contributed by atoms with Crippen molar-refractivity contribution in [2.75, 3.05) is 31.1 Å². The highest BCUT2D eigenvalue weighted by Crippen LogP contribution is 2.36. The first kappa shape index (κ1) is 18.1. The topological polar surface area (TPSA) is 82.5 Å².